The van der Waals surface area contributed by atoms with Crippen LogP contribution in [0.2, 0.25) is 36.3 Å². The molecule has 2 rings (SSSR count). The fourth-order valence-corrected chi connectivity index (χ4v) is 8.40. The summed E-state index contributed by atoms with van der Waals surface area (Å²) in [4.78, 5) is 11.5. The number of unbranched alkanes of at least 4 members (excludes halogenated alkanes) is 2. The van der Waals surface area contributed by atoms with Crippen molar-refractivity contribution in [3.63, 3.8) is 0 Å². The zero-order valence-corrected chi connectivity index (χ0v) is 32.2. The average molecular weight is 659 g/mol. The number of hydrogen-bond acceptors (Lipinski definition) is 5. The van der Waals surface area contributed by atoms with Gasteiger partial charge in [-0.3, -0.25) is 4.79 Å². The SMILES string of the molecule is CCCC[C@H](C)C[C@@H](C=C[C@@H]1[C@@H]2[C@H](C[C@H]1O[Si](C)(C)C(C)(C)C)OC(=CCCCC(=O)OC)C2(F)F)O[Si](C)(C)C(C)(C)C. The first kappa shape index (κ1) is 39.1. The monoisotopic (exact) mass is 658 g/mol. The summed E-state index contributed by atoms with van der Waals surface area (Å²) < 4.78 is 56.9. The van der Waals surface area contributed by atoms with Crippen molar-refractivity contribution in [2.24, 2.45) is 17.8 Å². The molecule has 44 heavy (non-hydrogen) atoms. The van der Waals surface area contributed by atoms with E-state index < -0.39 is 40.5 Å². The first-order valence-electron chi connectivity index (χ1n) is 16.9. The number of allylic oxidation sites excluding steroid dienone is 2. The van der Waals surface area contributed by atoms with Crippen LogP contribution in [-0.2, 0) is 23.1 Å². The maximum absolute atomic E-state index is 16.2. The smallest absolute Gasteiger partial charge is 0.310 e. The predicted octanol–water partition coefficient (Wildman–Crippen LogP) is 10.4. The van der Waals surface area contributed by atoms with Gasteiger partial charge < -0.3 is 18.3 Å². The standard InChI is InChI=1S/C35H64F2O5Si2/c1-14-15-18-25(2)23-26(41-43(10,11)33(3,4)5)21-22-27-28(42-44(12,13)34(6,7)8)24-29-32(27)35(36,37)30(40-29)19-16-17-20-31(38)39-9/h19,21-22,25-29,32H,14-18,20,23-24H2,1-13H3/t25-,26+,27-,28+,29-,32+/m0/s1. The van der Waals surface area contributed by atoms with E-state index in [1.807, 2.05) is 6.08 Å². The molecule has 1 heterocycles. The lowest BCUT2D eigenvalue weighted by molar-refractivity contribution is -0.140. The zero-order valence-electron chi connectivity index (χ0n) is 30.2. The normalized spacial score (nSPS) is 26.6. The molecule has 0 aromatic heterocycles. The molecule has 0 spiro atoms. The first-order chi connectivity index (χ1) is 20.1. The van der Waals surface area contributed by atoms with E-state index in [4.69, 9.17) is 13.6 Å². The molecule has 9 heteroatoms. The van der Waals surface area contributed by atoms with Crippen LogP contribution in [0.25, 0.3) is 0 Å². The van der Waals surface area contributed by atoms with Gasteiger partial charge in [0.25, 0.3) is 0 Å². The molecular formula is C35H64F2O5Si2. The van der Waals surface area contributed by atoms with E-state index in [0.29, 0.717) is 25.2 Å². The number of halogens is 2. The van der Waals surface area contributed by atoms with Crippen molar-refractivity contribution in [2.45, 2.75) is 167 Å². The number of ether oxygens (including phenoxy) is 2. The molecular weight excluding hydrogens is 595 g/mol. The van der Waals surface area contributed by atoms with Gasteiger partial charge in [-0.25, -0.2) is 0 Å². The van der Waals surface area contributed by atoms with E-state index in [1.54, 1.807) is 0 Å². The van der Waals surface area contributed by atoms with Gasteiger partial charge in [0.1, 0.15) is 6.10 Å². The van der Waals surface area contributed by atoms with Gasteiger partial charge >= 0.3 is 11.9 Å². The Morgan fingerprint density at radius 3 is 2.23 bits per heavy atom. The molecule has 1 saturated carbocycles. The summed E-state index contributed by atoms with van der Waals surface area (Å²) in [6, 6.07) is 0. The van der Waals surface area contributed by atoms with Gasteiger partial charge in [0, 0.05) is 18.8 Å². The molecule has 6 atom stereocenters. The van der Waals surface area contributed by atoms with Crippen LogP contribution >= 0.6 is 0 Å². The fraction of sp³-hybridized carbons (Fsp3) is 0.857. The molecule has 0 bridgehead atoms. The predicted molar refractivity (Wildman–Crippen MR) is 182 cm³/mol. The lowest BCUT2D eigenvalue weighted by Gasteiger charge is -2.40. The molecule has 0 amide bonds. The van der Waals surface area contributed by atoms with Crippen molar-refractivity contribution < 1.29 is 31.9 Å². The van der Waals surface area contributed by atoms with Crippen LogP contribution in [0.1, 0.15) is 107 Å². The summed E-state index contributed by atoms with van der Waals surface area (Å²) in [6.45, 7) is 26.6. The third kappa shape index (κ3) is 9.98. The van der Waals surface area contributed by atoms with Crippen LogP contribution in [0.15, 0.2) is 24.0 Å². The summed E-state index contributed by atoms with van der Waals surface area (Å²) in [5.41, 5.74) is 0. The van der Waals surface area contributed by atoms with Gasteiger partial charge in [0.2, 0.25) is 0 Å². The van der Waals surface area contributed by atoms with E-state index >= 15 is 8.78 Å². The first-order valence-corrected chi connectivity index (χ1v) is 22.7. The highest BCUT2D eigenvalue weighted by molar-refractivity contribution is 6.74. The van der Waals surface area contributed by atoms with Gasteiger partial charge in [-0.15, -0.1) is 0 Å². The minimum atomic E-state index is -3.12. The lowest BCUT2D eigenvalue weighted by Crippen LogP contribution is -2.46. The minimum absolute atomic E-state index is 0.0397. The Morgan fingerprint density at radius 1 is 1.07 bits per heavy atom. The molecule has 0 aromatic carbocycles. The summed E-state index contributed by atoms with van der Waals surface area (Å²) in [5, 5.41) is -0.00616. The molecule has 1 aliphatic carbocycles. The third-order valence-electron chi connectivity index (χ3n) is 10.6. The Bertz CT molecular complexity index is 996. The van der Waals surface area contributed by atoms with E-state index in [1.165, 1.54) is 19.6 Å². The fourth-order valence-electron chi connectivity index (χ4n) is 5.75. The summed E-state index contributed by atoms with van der Waals surface area (Å²) >= 11 is 0. The Labute approximate surface area is 270 Å². The summed E-state index contributed by atoms with van der Waals surface area (Å²) in [5.74, 6) is -4.76. The van der Waals surface area contributed by atoms with Crippen LogP contribution in [0, 0.1) is 17.8 Å². The Morgan fingerprint density at radius 2 is 1.68 bits per heavy atom. The highest BCUT2D eigenvalue weighted by Gasteiger charge is 2.64. The van der Waals surface area contributed by atoms with E-state index in [-0.39, 0.29) is 40.4 Å². The quantitative estimate of drug-likeness (QED) is 0.0758. The van der Waals surface area contributed by atoms with E-state index in [0.717, 1.165) is 19.3 Å². The van der Waals surface area contributed by atoms with Crippen LogP contribution < -0.4 is 0 Å². The van der Waals surface area contributed by atoms with Gasteiger partial charge in [-0.2, -0.15) is 8.78 Å². The minimum Gasteiger partial charge on any atom is -0.488 e. The van der Waals surface area contributed by atoms with Crippen LogP contribution in [0.4, 0.5) is 8.78 Å². The number of alkyl halides is 2. The molecule has 5 nitrogen and oxygen atoms in total. The molecule has 0 radical (unpaired) electrons. The van der Waals surface area contributed by atoms with Crippen molar-refractivity contribution >= 4 is 22.6 Å². The van der Waals surface area contributed by atoms with Gasteiger partial charge in [0.05, 0.1) is 25.2 Å². The van der Waals surface area contributed by atoms with E-state index in [2.05, 4.69) is 92.4 Å². The third-order valence-corrected chi connectivity index (χ3v) is 19.6. The second kappa shape index (κ2) is 15.2. The zero-order chi connectivity index (χ0) is 33.7. The maximum atomic E-state index is 16.2. The van der Waals surface area contributed by atoms with E-state index in [9.17, 15) is 4.79 Å². The summed E-state index contributed by atoms with van der Waals surface area (Å²) in [7, 11) is -3.02. The Hall–Kier alpha value is -1.04. The van der Waals surface area contributed by atoms with Crippen molar-refractivity contribution in [3.05, 3.63) is 24.0 Å². The van der Waals surface area contributed by atoms with Crippen molar-refractivity contribution in [2.75, 3.05) is 7.11 Å². The number of fused-ring (bicyclic) bond motifs is 1. The molecule has 2 fully saturated rings. The molecule has 2 aliphatic rings. The maximum Gasteiger partial charge on any atom is 0.310 e. The van der Waals surface area contributed by atoms with Crippen molar-refractivity contribution in [3.8, 4) is 0 Å². The molecule has 0 unspecified atom stereocenters. The molecule has 256 valence electrons. The molecule has 1 aliphatic heterocycles. The van der Waals surface area contributed by atoms with Crippen LogP contribution in [-0.4, -0.2) is 53.9 Å². The van der Waals surface area contributed by atoms with Crippen LogP contribution in [0.3, 0.4) is 0 Å². The van der Waals surface area contributed by atoms with Crippen LogP contribution in [0.5, 0.6) is 0 Å². The van der Waals surface area contributed by atoms with Gasteiger partial charge in [-0.05, 0) is 67.5 Å². The van der Waals surface area contributed by atoms with Crippen molar-refractivity contribution in [1.29, 1.82) is 0 Å². The molecule has 0 aromatic rings. The number of hydrogen-bond donors (Lipinski definition) is 0. The lowest BCUT2D eigenvalue weighted by atomic mass is 9.87. The van der Waals surface area contributed by atoms with Gasteiger partial charge in [-0.1, -0.05) is 86.8 Å². The number of carbonyl (C=O) groups is 1. The topological polar surface area (TPSA) is 54.0 Å². The van der Waals surface area contributed by atoms with Gasteiger partial charge in [0.15, 0.2) is 22.4 Å². The second-order valence-electron chi connectivity index (χ2n) is 16.4. The largest absolute Gasteiger partial charge is 0.488 e. The highest BCUT2D eigenvalue weighted by Crippen LogP contribution is 2.56. The average Bonchev–Trinajstić information content (AvgIpc) is 3.34. The molecule has 1 saturated heterocycles. The number of rotatable bonds is 15. The second-order valence-corrected chi connectivity index (χ2v) is 25.9. The van der Waals surface area contributed by atoms with Crippen molar-refractivity contribution in [1.82, 2.24) is 0 Å². The Balaban J connectivity index is 2.44. The number of carbonyl (C=O) groups excluding carboxylic acids is 1. The highest BCUT2D eigenvalue weighted by atomic mass is 28.4. The molecule has 0 N–H and O–H groups in total. The number of methoxy groups -OCH3 is 1. The Kier molecular flexibility index (Phi) is 13.6. The number of esters is 1. The summed E-state index contributed by atoms with van der Waals surface area (Å²) in [6.07, 6.45) is 10.2.